The number of rotatable bonds is 6. The molecule has 0 N–H and O–H groups in total. The predicted octanol–water partition coefficient (Wildman–Crippen LogP) is 3.78. The van der Waals surface area contributed by atoms with E-state index in [1.54, 1.807) is 0 Å². The van der Waals surface area contributed by atoms with Crippen LogP contribution in [0.25, 0.3) is 0 Å². The van der Waals surface area contributed by atoms with Crippen LogP contribution in [0.2, 0.25) is 0 Å². The van der Waals surface area contributed by atoms with Gasteiger partial charge in [-0.2, -0.15) is 0 Å². The van der Waals surface area contributed by atoms with Crippen LogP contribution < -0.4 is 0 Å². The molecule has 0 heterocycles. The monoisotopic (exact) mass is 327 g/mol. The second-order valence-corrected chi connectivity index (χ2v) is 6.40. The fraction of sp³-hybridized carbons (Fsp3) is 0.571. The molecule has 2 rings (SSSR count). The van der Waals surface area contributed by atoms with E-state index in [0.717, 1.165) is 50.9 Å². The second-order valence-electron chi connectivity index (χ2n) is 6.40. The highest BCUT2D eigenvalue weighted by molar-refractivity contribution is 5.83. The molecule has 1 aromatic carbocycles. The summed E-state index contributed by atoms with van der Waals surface area (Å²) in [7, 11) is 0. The van der Waals surface area contributed by atoms with E-state index < -0.39 is 5.41 Å². The number of esters is 1. The number of carbonyl (C=O) groups excluding carboxylic acids is 1. The second kappa shape index (κ2) is 9.49. The van der Waals surface area contributed by atoms with Crippen LogP contribution in [0.3, 0.4) is 0 Å². The number of hydrogen-bond donors (Lipinski definition) is 0. The van der Waals surface area contributed by atoms with Gasteiger partial charge in [0.1, 0.15) is 0 Å². The zero-order valence-corrected chi connectivity index (χ0v) is 15.0. The zero-order chi connectivity index (χ0) is 17.3. The van der Waals surface area contributed by atoms with Crippen molar-refractivity contribution in [3.8, 4) is 11.8 Å². The quantitative estimate of drug-likeness (QED) is 0.588. The van der Waals surface area contributed by atoms with E-state index in [1.165, 1.54) is 6.42 Å². The van der Waals surface area contributed by atoms with Crippen molar-refractivity contribution in [2.75, 3.05) is 26.2 Å². The van der Waals surface area contributed by atoms with Gasteiger partial charge in [-0.15, -0.1) is 0 Å². The lowest BCUT2D eigenvalue weighted by atomic mass is 9.69. The smallest absolute Gasteiger partial charge is 0.317 e. The summed E-state index contributed by atoms with van der Waals surface area (Å²) in [6.45, 7) is 7.14. The maximum atomic E-state index is 12.8. The van der Waals surface area contributed by atoms with Crippen LogP contribution in [0.1, 0.15) is 51.5 Å². The molecule has 1 aliphatic carbocycles. The standard InChI is InChI=1S/C21H29NO2/c1-3-22(4-2)17-11-12-18-24-20(23)21(15-9-6-10-16-21)19-13-7-5-8-14-19/h5,7-8,13-14H,3-4,6,9-10,15-18H2,1-2H3. The molecule has 0 atom stereocenters. The van der Waals surface area contributed by atoms with Gasteiger partial charge in [0.15, 0.2) is 6.61 Å². The molecule has 0 unspecified atom stereocenters. The molecule has 24 heavy (non-hydrogen) atoms. The minimum Gasteiger partial charge on any atom is -0.452 e. The molecule has 0 saturated heterocycles. The molecule has 0 spiro atoms. The zero-order valence-electron chi connectivity index (χ0n) is 15.0. The van der Waals surface area contributed by atoms with E-state index in [-0.39, 0.29) is 12.6 Å². The van der Waals surface area contributed by atoms with Gasteiger partial charge in [0.2, 0.25) is 0 Å². The van der Waals surface area contributed by atoms with Crippen molar-refractivity contribution in [2.45, 2.75) is 51.4 Å². The number of benzene rings is 1. The Morgan fingerprint density at radius 2 is 1.75 bits per heavy atom. The maximum Gasteiger partial charge on any atom is 0.317 e. The van der Waals surface area contributed by atoms with Crippen molar-refractivity contribution in [1.82, 2.24) is 4.90 Å². The maximum absolute atomic E-state index is 12.8. The third-order valence-corrected chi connectivity index (χ3v) is 5.02. The summed E-state index contributed by atoms with van der Waals surface area (Å²) in [5.41, 5.74) is 0.617. The van der Waals surface area contributed by atoms with E-state index in [0.29, 0.717) is 0 Å². The summed E-state index contributed by atoms with van der Waals surface area (Å²) < 4.78 is 5.56. The van der Waals surface area contributed by atoms with Crippen molar-refractivity contribution in [3.05, 3.63) is 35.9 Å². The van der Waals surface area contributed by atoms with Gasteiger partial charge in [-0.25, -0.2) is 0 Å². The molecule has 3 heteroatoms. The SMILES string of the molecule is CCN(CC)CC#CCOC(=O)C1(c2ccccc2)CCCCC1. The molecule has 0 aromatic heterocycles. The van der Waals surface area contributed by atoms with Gasteiger partial charge in [0.25, 0.3) is 0 Å². The highest BCUT2D eigenvalue weighted by Gasteiger charge is 2.42. The van der Waals surface area contributed by atoms with Crippen molar-refractivity contribution in [2.24, 2.45) is 0 Å². The lowest BCUT2D eigenvalue weighted by molar-refractivity contribution is -0.150. The Bertz CT molecular complexity index is 560. The summed E-state index contributed by atoms with van der Waals surface area (Å²) in [5.74, 6) is 5.98. The van der Waals surface area contributed by atoms with Crippen LogP contribution in [0, 0.1) is 11.8 Å². The minimum atomic E-state index is -0.472. The van der Waals surface area contributed by atoms with Crippen LogP contribution in [0.5, 0.6) is 0 Å². The lowest BCUT2D eigenvalue weighted by Crippen LogP contribution is -2.39. The predicted molar refractivity (Wildman–Crippen MR) is 97.7 cm³/mol. The summed E-state index contributed by atoms with van der Waals surface area (Å²) in [6.07, 6.45) is 5.12. The van der Waals surface area contributed by atoms with Crippen LogP contribution in [-0.2, 0) is 14.9 Å². The van der Waals surface area contributed by atoms with Gasteiger partial charge in [-0.05, 0) is 31.5 Å². The van der Waals surface area contributed by atoms with Crippen molar-refractivity contribution in [1.29, 1.82) is 0 Å². The van der Waals surface area contributed by atoms with Crippen LogP contribution >= 0.6 is 0 Å². The molecule has 130 valence electrons. The van der Waals surface area contributed by atoms with Crippen molar-refractivity contribution in [3.63, 3.8) is 0 Å². The van der Waals surface area contributed by atoms with Gasteiger partial charge in [0, 0.05) is 0 Å². The highest BCUT2D eigenvalue weighted by Crippen LogP contribution is 2.40. The molecule has 1 aliphatic rings. The molecule has 0 aliphatic heterocycles. The largest absolute Gasteiger partial charge is 0.452 e. The first-order chi connectivity index (χ1) is 11.7. The molecular weight excluding hydrogens is 298 g/mol. The molecule has 0 radical (unpaired) electrons. The molecule has 0 bridgehead atoms. The van der Waals surface area contributed by atoms with E-state index in [1.807, 2.05) is 18.2 Å². The molecule has 1 aromatic rings. The molecule has 1 fully saturated rings. The van der Waals surface area contributed by atoms with E-state index >= 15 is 0 Å². The first-order valence-corrected chi connectivity index (χ1v) is 9.13. The first kappa shape index (κ1) is 18.5. The van der Waals surface area contributed by atoms with Crippen LogP contribution in [0.15, 0.2) is 30.3 Å². The molecule has 0 amide bonds. The van der Waals surface area contributed by atoms with Crippen LogP contribution in [-0.4, -0.2) is 37.1 Å². The van der Waals surface area contributed by atoms with Gasteiger partial charge in [-0.3, -0.25) is 9.69 Å². The Balaban J connectivity index is 1.98. The van der Waals surface area contributed by atoms with Gasteiger partial charge < -0.3 is 4.74 Å². The molecular formula is C21H29NO2. The highest BCUT2D eigenvalue weighted by atomic mass is 16.5. The minimum absolute atomic E-state index is 0.106. The Kier molecular flexibility index (Phi) is 7.34. The number of nitrogens with zero attached hydrogens (tertiary/aromatic N) is 1. The third kappa shape index (κ3) is 4.61. The summed E-state index contributed by atoms with van der Waals surface area (Å²) >= 11 is 0. The fourth-order valence-corrected chi connectivity index (χ4v) is 3.43. The van der Waals surface area contributed by atoms with E-state index in [4.69, 9.17) is 4.74 Å². The van der Waals surface area contributed by atoms with E-state index in [2.05, 4.69) is 42.7 Å². The fourth-order valence-electron chi connectivity index (χ4n) is 3.43. The lowest BCUT2D eigenvalue weighted by Gasteiger charge is -2.35. The Labute approximate surface area is 146 Å². The summed E-state index contributed by atoms with van der Waals surface area (Å²) in [6, 6.07) is 10.1. The summed E-state index contributed by atoms with van der Waals surface area (Å²) in [5, 5.41) is 0. The van der Waals surface area contributed by atoms with Crippen LogP contribution in [0.4, 0.5) is 0 Å². The van der Waals surface area contributed by atoms with E-state index in [9.17, 15) is 4.79 Å². The number of ether oxygens (including phenoxy) is 1. The van der Waals surface area contributed by atoms with Crippen molar-refractivity contribution >= 4 is 5.97 Å². The topological polar surface area (TPSA) is 29.5 Å². The molecule has 1 saturated carbocycles. The number of hydrogen-bond acceptors (Lipinski definition) is 3. The summed E-state index contributed by atoms with van der Waals surface area (Å²) in [4.78, 5) is 15.1. The third-order valence-electron chi connectivity index (χ3n) is 5.02. The van der Waals surface area contributed by atoms with Gasteiger partial charge >= 0.3 is 5.97 Å². The average Bonchev–Trinajstić information content (AvgIpc) is 2.65. The Hall–Kier alpha value is -1.79. The Morgan fingerprint density at radius 1 is 1.08 bits per heavy atom. The number of carbonyl (C=O) groups is 1. The first-order valence-electron chi connectivity index (χ1n) is 9.13. The normalized spacial score (nSPS) is 16.3. The van der Waals surface area contributed by atoms with Gasteiger partial charge in [-0.1, -0.05) is 75.3 Å². The van der Waals surface area contributed by atoms with Gasteiger partial charge in [0.05, 0.1) is 12.0 Å². The average molecular weight is 327 g/mol. The van der Waals surface area contributed by atoms with Crippen molar-refractivity contribution < 1.29 is 9.53 Å². The Morgan fingerprint density at radius 3 is 2.38 bits per heavy atom. The molecule has 3 nitrogen and oxygen atoms in total.